The smallest absolute Gasteiger partial charge is 0.223 e. The molecule has 1 fully saturated rings. The molecule has 1 amide bonds. The first-order chi connectivity index (χ1) is 9.48. The molecule has 0 saturated heterocycles. The highest BCUT2D eigenvalue weighted by atomic mass is 16.3. The Morgan fingerprint density at radius 2 is 1.85 bits per heavy atom. The van der Waals surface area contributed by atoms with Gasteiger partial charge in [0.15, 0.2) is 0 Å². The van der Waals surface area contributed by atoms with Crippen molar-refractivity contribution in [3.8, 4) is 0 Å². The summed E-state index contributed by atoms with van der Waals surface area (Å²) in [6.45, 7) is 6.48. The largest absolute Gasteiger partial charge is 0.388 e. The van der Waals surface area contributed by atoms with Gasteiger partial charge in [-0.15, -0.1) is 0 Å². The topological polar surface area (TPSA) is 49.3 Å². The van der Waals surface area contributed by atoms with Crippen molar-refractivity contribution in [2.45, 2.75) is 84.2 Å². The lowest BCUT2D eigenvalue weighted by Gasteiger charge is -2.29. The Bertz CT molecular complexity index is 281. The van der Waals surface area contributed by atoms with E-state index in [9.17, 15) is 9.90 Å². The van der Waals surface area contributed by atoms with Crippen LogP contribution in [0.5, 0.6) is 0 Å². The Morgan fingerprint density at radius 1 is 1.20 bits per heavy atom. The predicted octanol–water partition coefficient (Wildman–Crippen LogP) is 3.65. The molecule has 0 aliphatic heterocycles. The fourth-order valence-electron chi connectivity index (χ4n) is 3.25. The summed E-state index contributed by atoms with van der Waals surface area (Å²) in [5.74, 6) is 1.16. The van der Waals surface area contributed by atoms with Crippen LogP contribution in [0.15, 0.2) is 0 Å². The van der Waals surface area contributed by atoms with Gasteiger partial charge in [0.2, 0.25) is 5.91 Å². The van der Waals surface area contributed by atoms with E-state index in [2.05, 4.69) is 12.2 Å². The number of unbranched alkanes of at least 4 members (excludes halogenated alkanes) is 1. The number of nitrogens with one attached hydrogen (secondary N) is 1. The van der Waals surface area contributed by atoms with E-state index in [0.717, 1.165) is 31.6 Å². The van der Waals surface area contributed by atoms with Crippen LogP contribution in [-0.4, -0.2) is 23.2 Å². The predicted molar refractivity (Wildman–Crippen MR) is 83.5 cm³/mol. The van der Waals surface area contributed by atoms with Gasteiger partial charge in [-0.05, 0) is 44.9 Å². The van der Waals surface area contributed by atoms with Crippen molar-refractivity contribution in [2.75, 3.05) is 6.54 Å². The molecule has 0 spiro atoms. The molecule has 0 bridgehead atoms. The Hall–Kier alpha value is -0.570. The van der Waals surface area contributed by atoms with Crippen molar-refractivity contribution >= 4 is 5.91 Å². The highest BCUT2D eigenvalue weighted by molar-refractivity contribution is 5.78. The Balaban J connectivity index is 2.25. The van der Waals surface area contributed by atoms with E-state index in [1.165, 1.54) is 32.1 Å². The fourth-order valence-corrected chi connectivity index (χ4v) is 3.25. The lowest BCUT2D eigenvalue weighted by Crippen LogP contribution is -2.43. The maximum atomic E-state index is 12.1. The summed E-state index contributed by atoms with van der Waals surface area (Å²) in [7, 11) is 0. The number of aliphatic hydroxyl groups is 1. The molecule has 2 N–H and O–H groups in total. The van der Waals surface area contributed by atoms with Gasteiger partial charge in [-0.1, -0.05) is 39.5 Å². The van der Waals surface area contributed by atoms with Crippen molar-refractivity contribution < 1.29 is 9.90 Å². The summed E-state index contributed by atoms with van der Waals surface area (Å²) in [5, 5.41) is 13.0. The van der Waals surface area contributed by atoms with E-state index in [1.807, 2.05) is 6.92 Å². The van der Waals surface area contributed by atoms with E-state index in [1.54, 1.807) is 6.92 Å². The standard InChI is InChI=1S/C17H33NO2/c1-4-6-7-14-8-10-15(11-9-14)16(19)18-13-17(3,20)12-5-2/h14-15,20H,4-13H2,1-3H3,(H,18,19). The zero-order valence-electron chi connectivity index (χ0n) is 13.6. The highest BCUT2D eigenvalue weighted by Gasteiger charge is 2.27. The monoisotopic (exact) mass is 283 g/mol. The van der Waals surface area contributed by atoms with Crippen LogP contribution in [0.1, 0.15) is 78.6 Å². The van der Waals surface area contributed by atoms with Gasteiger partial charge in [-0.25, -0.2) is 0 Å². The molecule has 20 heavy (non-hydrogen) atoms. The van der Waals surface area contributed by atoms with Gasteiger partial charge < -0.3 is 10.4 Å². The number of carbonyl (C=O) groups excluding carboxylic acids is 1. The summed E-state index contributed by atoms with van der Waals surface area (Å²) in [6, 6.07) is 0. The van der Waals surface area contributed by atoms with Crippen LogP contribution in [0.3, 0.4) is 0 Å². The fraction of sp³-hybridized carbons (Fsp3) is 0.941. The van der Waals surface area contributed by atoms with Gasteiger partial charge in [-0.2, -0.15) is 0 Å². The van der Waals surface area contributed by atoms with Crippen LogP contribution in [0.25, 0.3) is 0 Å². The number of hydrogen-bond acceptors (Lipinski definition) is 2. The van der Waals surface area contributed by atoms with Crippen LogP contribution in [0, 0.1) is 11.8 Å². The first kappa shape index (κ1) is 17.5. The minimum Gasteiger partial charge on any atom is -0.388 e. The molecule has 118 valence electrons. The Kier molecular flexibility index (Phi) is 7.57. The summed E-state index contributed by atoms with van der Waals surface area (Å²) in [6.07, 6.45) is 10.0. The molecule has 0 radical (unpaired) electrons. The average molecular weight is 283 g/mol. The maximum absolute atomic E-state index is 12.1. The lowest BCUT2D eigenvalue weighted by molar-refractivity contribution is -0.127. The maximum Gasteiger partial charge on any atom is 0.223 e. The van der Waals surface area contributed by atoms with Crippen molar-refractivity contribution in [3.63, 3.8) is 0 Å². The molecular formula is C17H33NO2. The zero-order chi connectivity index (χ0) is 15.0. The van der Waals surface area contributed by atoms with Crippen molar-refractivity contribution in [1.29, 1.82) is 0 Å². The summed E-state index contributed by atoms with van der Waals surface area (Å²) >= 11 is 0. The third-order valence-corrected chi connectivity index (χ3v) is 4.62. The first-order valence-electron chi connectivity index (χ1n) is 8.48. The normalized spacial score (nSPS) is 26.0. The van der Waals surface area contributed by atoms with E-state index >= 15 is 0 Å². The van der Waals surface area contributed by atoms with Crippen LogP contribution >= 0.6 is 0 Å². The minimum absolute atomic E-state index is 0.148. The number of hydrogen-bond donors (Lipinski definition) is 2. The van der Waals surface area contributed by atoms with E-state index in [4.69, 9.17) is 0 Å². The first-order valence-corrected chi connectivity index (χ1v) is 8.48. The van der Waals surface area contributed by atoms with Gasteiger partial charge in [0, 0.05) is 12.5 Å². The van der Waals surface area contributed by atoms with Crippen molar-refractivity contribution in [2.24, 2.45) is 11.8 Å². The van der Waals surface area contributed by atoms with Gasteiger partial charge in [0.05, 0.1) is 5.60 Å². The molecule has 0 heterocycles. The highest BCUT2D eigenvalue weighted by Crippen LogP contribution is 2.32. The van der Waals surface area contributed by atoms with Crippen LogP contribution < -0.4 is 5.32 Å². The Morgan fingerprint density at radius 3 is 2.40 bits per heavy atom. The molecule has 1 atom stereocenters. The molecule has 3 heteroatoms. The summed E-state index contributed by atoms with van der Waals surface area (Å²) in [5.41, 5.74) is -0.761. The van der Waals surface area contributed by atoms with Crippen LogP contribution in [0.2, 0.25) is 0 Å². The van der Waals surface area contributed by atoms with E-state index in [-0.39, 0.29) is 11.8 Å². The third-order valence-electron chi connectivity index (χ3n) is 4.62. The number of rotatable bonds is 8. The summed E-state index contributed by atoms with van der Waals surface area (Å²) in [4.78, 5) is 12.1. The second-order valence-electron chi connectivity index (χ2n) is 6.82. The number of carbonyl (C=O) groups is 1. The van der Waals surface area contributed by atoms with E-state index < -0.39 is 5.60 Å². The van der Waals surface area contributed by atoms with Gasteiger partial charge in [-0.3, -0.25) is 4.79 Å². The molecule has 0 aromatic heterocycles. The molecule has 1 aliphatic carbocycles. The van der Waals surface area contributed by atoms with Crippen LogP contribution in [0.4, 0.5) is 0 Å². The van der Waals surface area contributed by atoms with Crippen molar-refractivity contribution in [3.05, 3.63) is 0 Å². The van der Waals surface area contributed by atoms with Crippen LogP contribution in [-0.2, 0) is 4.79 Å². The third kappa shape index (κ3) is 6.25. The quantitative estimate of drug-likeness (QED) is 0.714. The lowest BCUT2D eigenvalue weighted by atomic mass is 9.79. The van der Waals surface area contributed by atoms with Crippen molar-refractivity contribution in [1.82, 2.24) is 5.32 Å². The molecule has 1 rings (SSSR count). The van der Waals surface area contributed by atoms with Gasteiger partial charge in [0.1, 0.15) is 0 Å². The molecule has 0 aromatic rings. The summed E-state index contributed by atoms with van der Waals surface area (Å²) < 4.78 is 0. The minimum atomic E-state index is -0.761. The van der Waals surface area contributed by atoms with Gasteiger partial charge >= 0.3 is 0 Å². The SMILES string of the molecule is CCCCC1CCC(C(=O)NCC(C)(O)CCC)CC1. The second kappa shape index (κ2) is 8.66. The second-order valence-corrected chi connectivity index (χ2v) is 6.82. The van der Waals surface area contributed by atoms with Gasteiger partial charge in [0.25, 0.3) is 0 Å². The molecule has 1 saturated carbocycles. The molecule has 1 unspecified atom stereocenters. The average Bonchev–Trinajstić information content (AvgIpc) is 2.43. The Labute approximate surface area is 124 Å². The number of amides is 1. The molecule has 3 nitrogen and oxygen atoms in total. The van der Waals surface area contributed by atoms with E-state index in [0.29, 0.717) is 6.54 Å². The molecule has 0 aromatic carbocycles. The molecule has 1 aliphatic rings. The molecular weight excluding hydrogens is 250 g/mol. The zero-order valence-corrected chi connectivity index (χ0v) is 13.6.